The number of aromatic nitrogens is 1. The van der Waals surface area contributed by atoms with Gasteiger partial charge in [0.15, 0.2) is 0 Å². The molecule has 0 saturated heterocycles. The molecule has 2 aromatic carbocycles. The highest BCUT2D eigenvalue weighted by molar-refractivity contribution is 8.23. The first-order chi connectivity index (χ1) is 18.1. The highest BCUT2D eigenvalue weighted by Gasteiger charge is 2.31. The van der Waals surface area contributed by atoms with Crippen molar-refractivity contribution in [2.75, 3.05) is 12.3 Å². The Kier molecular flexibility index (Phi) is 9.11. The second-order valence-corrected chi connectivity index (χ2v) is 11.9. The van der Waals surface area contributed by atoms with Gasteiger partial charge < -0.3 is 15.7 Å². The highest BCUT2D eigenvalue weighted by atomic mass is 32.3. The van der Waals surface area contributed by atoms with E-state index in [0.717, 1.165) is 34.7 Å². The highest BCUT2D eigenvalue weighted by Crippen LogP contribution is 2.50. The zero-order valence-electron chi connectivity index (χ0n) is 21.1. The summed E-state index contributed by atoms with van der Waals surface area (Å²) in [6, 6.07) is 11.2. The van der Waals surface area contributed by atoms with E-state index in [-0.39, 0.29) is 36.8 Å². The van der Waals surface area contributed by atoms with Crippen molar-refractivity contribution in [3.63, 3.8) is 0 Å². The number of amides is 1. The number of benzene rings is 2. The van der Waals surface area contributed by atoms with Gasteiger partial charge in [-0.05, 0) is 64.9 Å². The van der Waals surface area contributed by atoms with Crippen LogP contribution >= 0.6 is 10.6 Å². The van der Waals surface area contributed by atoms with E-state index in [1.54, 1.807) is 24.5 Å². The van der Waals surface area contributed by atoms with E-state index in [9.17, 15) is 27.8 Å². The summed E-state index contributed by atoms with van der Waals surface area (Å²) in [5, 5.41) is 17.2. The van der Waals surface area contributed by atoms with Crippen LogP contribution in [0.1, 0.15) is 40.8 Å². The maximum absolute atomic E-state index is 13.8. The van der Waals surface area contributed by atoms with Crippen LogP contribution in [0.15, 0.2) is 60.9 Å². The van der Waals surface area contributed by atoms with Crippen molar-refractivity contribution in [1.82, 2.24) is 15.6 Å². The second kappa shape index (κ2) is 12.3. The Labute approximate surface area is 222 Å². The van der Waals surface area contributed by atoms with Gasteiger partial charge in [-0.15, -0.1) is 0 Å². The molecule has 38 heavy (non-hydrogen) atoms. The standard InChI is InChI=1S/C28H33F2N3O4S/c1-2-18-3-4-21-16-38(36,37)17-26(24(21)11-18)32-15-27(34)25(12-20-9-22(29)14-23(30)10-20)33-28(35)13-19-5-7-31-8-6-19/h3-11,14,25-27,32,34,36-37H,2,12-13,15-17H2,1H3,(H,33,35)/t25-,26-,27-/m0/s1. The predicted octanol–water partition coefficient (Wildman–Crippen LogP) is 4.15. The van der Waals surface area contributed by atoms with E-state index in [1.807, 2.05) is 25.1 Å². The Morgan fingerprint density at radius 2 is 1.76 bits per heavy atom. The van der Waals surface area contributed by atoms with Crippen LogP contribution in [0.5, 0.6) is 0 Å². The number of pyridine rings is 1. The van der Waals surface area contributed by atoms with Gasteiger partial charge in [-0.3, -0.25) is 18.9 Å². The Morgan fingerprint density at radius 3 is 2.45 bits per heavy atom. The fourth-order valence-corrected chi connectivity index (χ4v) is 6.48. The molecule has 2 heterocycles. The van der Waals surface area contributed by atoms with Gasteiger partial charge in [0, 0.05) is 25.0 Å². The van der Waals surface area contributed by atoms with Crippen LogP contribution in [0, 0.1) is 11.6 Å². The SMILES string of the molecule is CCc1ccc2c(c1)[C@@H](NC[C@H](O)[C@H](Cc1cc(F)cc(F)c1)NC(=O)Cc1ccncc1)CS(O)(O)C2. The smallest absolute Gasteiger partial charge is 0.224 e. The predicted molar refractivity (Wildman–Crippen MR) is 144 cm³/mol. The number of carbonyl (C=O) groups excluding carboxylic acids is 1. The largest absolute Gasteiger partial charge is 0.390 e. The fourth-order valence-electron chi connectivity index (χ4n) is 4.77. The van der Waals surface area contributed by atoms with E-state index in [0.29, 0.717) is 5.56 Å². The number of aliphatic hydroxyl groups excluding tert-OH is 1. The molecular weight excluding hydrogens is 512 g/mol. The van der Waals surface area contributed by atoms with Crippen LogP contribution < -0.4 is 10.6 Å². The van der Waals surface area contributed by atoms with E-state index in [4.69, 9.17) is 0 Å². The van der Waals surface area contributed by atoms with Crippen molar-refractivity contribution in [3.8, 4) is 0 Å². The first-order valence-corrected chi connectivity index (χ1v) is 14.4. The van der Waals surface area contributed by atoms with Crippen molar-refractivity contribution in [3.05, 3.63) is 100 Å². The van der Waals surface area contributed by atoms with Crippen molar-refractivity contribution in [2.45, 2.75) is 50.1 Å². The first-order valence-electron chi connectivity index (χ1n) is 12.5. The van der Waals surface area contributed by atoms with Crippen LogP contribution in [0.4, 0.5) is 8.78 Å². The number of nitrogens with one attached hydrogen (secondary N) is 2. The number of aliphatic hydroxyl groups is 1. The van der Waals surface area contributed by atoms with Crippen LogP contribution in [0.3, 0.4) is 0 Å². The molecule has 0 spiro atoms. The average Bonchev–Trinajstić information content (AvgIpc) is 2.86. The van der Waals surface area contributed by atoms with Gasteiger partial charge in [-0.25, -0.2) is 8.78 Å². The van der Waals surface area contributed by atoms with Gasteiger partial charge >= 0.3 is 0 Å². The molecule has 1 aromatic heterocycles. The number of hydrogen-bond acceptors (Lipinski definition) is 6. The van der Waals surface area contributed by atoms with E-state index in [2.05, 4.69) is 15.6 Å². The molecule has 204 valence electrons. The molecule has 1 amide bonds. The van der Waals surface area contributed by atoms with Crippen LogP contribution in [0.25, 0.3) is 0 Å². The van der Waals surface area contributed by atoms with Crippen molar-refractivity contribution in [2.24, 2.45) is 0 Å². The van der Waals surface area contributed by atoms with Crippen molar-refractivity contribution in [1.29, 1.82) is 0 Å². The molecule has 7 nitrogen and oxygen atoms in total. The summed E-state index contributed by atoms with van der Waals surface area (Å²) in [7, 11) is -2.85. The lowest BCUT2D eigenvalue weighted by molar-refractivity contribution is -0.122. The minimum atomic E-state index is -2.85. The van der Waals surface area contributed by atoms with Gasteiger partial charge in [-0.2, -0.15) is 10.6 Å². The molecular formula is C28H33F2N3O4S. The monoisotopic (exact) mass is 545 g/mol. The third-order valence-electron chi connectivity index (χ3n) is 6.69. The average molecular weight is 546 g/mol. The molecule has 5 N–H and O–H groups in total. The molecule has 0 radical (unpaired) electrons. The topological polar surface area (TPSA) is 115 Å². The lowest BCUT2D eigenvalue weighted by Crippen LogP contribution is -2.50. The summed E-state index contributed by atoms with van der Waals surface area (Å²) in [4.78, 5) is 16.7. The summed E-state index contributed by atoms with van der Waals surface area (Å²) < 4.78 is 48.7. The number of nitrogens with zero attached hydrogens (tertiary/aromatic N) is 1. The lowest BCUT2D eigenvalue weighted by atomic mass is 9.97. The Bertz CT molecular complexity index is 1240. The van der Waals surface area contributed by atoms with E-state index < -0.39 is 40.4 Å². The minimum absolute atomic E-state index is 0.00393. The molecule has 4 rings (SSSR count). The number of hydrogen-bond donors (Lipinski definition) is 5. The molecule has 10 heteroatoms. The van der Waals surface area contributed by atoms with Gasteiger partial charge in [0.2, 0.25) is 5.91 Å². The lowest BCUT2D eigenvalue weighted by Gasteiger charge is -2.42. The molecule has 0 bridgehead atoms. The van der Waals surface area contributed by atoms with Crippen LogP contribution in [-0.4, -0.2) is 49.5 Å². The van der Waals surface area contributed by atoms with E-state index in [1.165, 1.54) is 12.1 Å². The molecule has 1 aliphatic rings. The quantitative estimate of drug-likeness (QED) is 0.262. The summed E-state index contributed by atoms with van der Waals surface area (Å²) in [5.41, 5.74) is 3.94. The molecule has 1 aliphatic heterocycles. The van der Waals surface area contributed by atoms with Gasteiger partial charge in [0.05, 0.1) is 36.1 Å². The fraction of sp³-hybridized carbons (Fsp3) is 0.357. The zero-order valence-corrected chi connectivity index (χ0v) is 21.9. The normalized spacial score (nSPS) is 18.7. The van der Waals surface area contributed by atoms with Gasteiger partial charge in [-0.1, -0.05) is 25.1 Å². The van der Waals surface area contributed by atoms with Gasteiger partial charge in [0.25, 0.3) is 0 Å². The molecule has 3 aromatic rings. The maximum Gasteiger partial charge on any atom is 0.224 e. The third-order valence-corrected chi connectivity index (χ3v) is 8.33. The number of aryl methyl sites for hydroxylation is 1. The van der Waals surface area contributed by atoms with Crippen LogP contribution in [0.2, 0.25) is 0 Å². The van der Waals surface area contributed by atoms with Crippen molar-refractivity contribution < 1.29 is 27.8 Å². The number of carbonyl (C=O) groups is 1. The third kappa shape index (κ3) is 7.58. The Morgan fingerprint density at radius 1 is 1.05 bits per heavy atom. The molecule has 0 fully saturated rings. The Balaban J connectivity index is 1.51. The molecule has 0 aliphatic carbocycles. The second-order valence-electron chi connectivity index (χ2n) is 9.72. The molecule has 0 saturated carbocycles. The summed E-state index contributed by atoms with van der Waals surface area (Å²) >= 11 is 0. The van der Waals surface area contributed by atoms with Crippen LogP contribution in [-0.2, 0) is 29.8 Å². The first kappa shape index (κ1) is 28.1. The van der Waals surface area contributed by atoms with Gasteiger partial charge in [0.1, 0.15) is 11.6 Å². The zero-order chi connectivity index (χ0) is 27.3. The summed E-state index contributed by atoms with van der Waals surface area (Å²) in [6.45, 7) is 2.05. The number of rotatable bonds is 10. The number of halogens is 2. The maximum atomic E-state index is 13.8. The van der Waals surface area contributed by atoms with Crippen molar-refractivity contribution >= 4 is 16.5 Å². The molecule has 0 unspecified atom stereocenters. The number of fused-ring (bicyclic) bond motifs is 1. The van der Waals surface area contributed by atoms with E-state index >= 15 is 0 Å². The Hall–Kier alpha value is -2.89. The molecule has 3 atom stereocenters. The summed E-state index contributed by atoms with van der Waals surface area (Å²) in [6.07, 6.45) is 2.89. The summed E-state index contributed by atoms with van der Waals surface area (Å²) in [5.74, 6) is -1.56. The minimum Gasteiger partial charge on any atom is -0.390 e.